The molecular formula is C11H9ClN4OS. The van der Waals surface area contributed by atoms with Crippen molar-refractivity contribution in [3.63, 3.8) is 0 Å². The molecule has 0 radical (unpaired) electrons. The van der Waals surface area contributed by atoms with Gasteiger partial charge >= 0.3 is 0 Å². The highest BCUT2D eigenvalue weighted by Crippen LogP contribution is 2.29. The quantitative estimate of drug-likeness (QED) is 0.390. The predicted molar refractivity (Wildman–Crippen MR) is 70.1 cm³/mol. The molecule has 0 saturated carbocycles. The van der Waals surface area contributed by atoms with Crippen molar-refractivity contribution < 1.29 is 5.21 Å². The SMILES string of the molecule is NC(=NO)c1ccc(Sc2cnccn2)cc1Cl. The van der Waals surface area contributed by atoms with Crippen LogP contribution in [0.3, 0.4) is 0 Å². The monoisotopic (exact) mass is 280 g/mol. The Bertz CT molecular complexity index is 577. The average molecular weight is 281 g/mol. The predicted octanol–water partition coefficient (Wildman–Crippen LogP) is 2.38. The van der Waals surface area contributed by atoms with Crippen LogP contribution in [0.2, 0.25) is 5.02 Å². The molecule has 0 fully saturated rings. The standard InChI is InChI=1S/C11H9ClN4OS/c12-9-5-7(1-2-8(9)11(13)16-17)18-10-6-14-3-4-15-10/h1-6,17H,(H2,13,16). The molecule has 7 heteroatoms. The summed E-state index contributed by atoms with van der Waals surface area (Å²) in [4.78, 5) is 9.02. The molecule has 5 nitrogen and oxygen atoms in total. The molecule has 0 saturated heterocycles. The fraction of sp³-hybridized carbons (Fsp3) is 0. The van der Waals surface area contributed by atoms with Crippen molar-refractivity contribution in [1.82, 2.24) is 9.97 Å². The zero-order valence-corrected chi connectivity index (χ0v) is 10.7. The van der Waals surface area contributed by atoms with Crippen molar-refractivity contribution in [3.05, 3.63) is 47.4 Å². The average Bonchev–Trinajstić information content (AvgIpc) is 2.39. The summed E-state index contributed by atoms with van der Waals surface area (Å²) in [6, 6.07) is 5.24. The van der Waals surface area contributed by atoms with Crippen molar-refractivity contribution in [2.45, 2.75) is 9.92 Å². The van der Waals surface area contributed by atoms with Crippen LogP contribution in [0.15, 0.2) is 51.9 Å². The van der Waals surface area contributed by atoms with Gasteiger partial charge in [-0.05, 0) is 18.2 Å². The van der Waals surface area contributed by atoms with E-state index in [4.69, 9.17) is 22.5 Å². The lowest BCUT2D eigenvalue weighted by atomic mass is 10.2. The number of nitrogens with two attached hydrogens (primary N) is 1. The highest BCUT2D eigenvalue weighted by Gasteiger charge is 2.07. The summed E-state index contributed by atoms with van der Waals surface area (Å²) in [7, 11) is 0. The van der Waals surface area contributed by atoms with Gasteiger partial charge < -0.3 is 10.9 Å². The molecule has 0 spiro atoms. The Morgan fingerprint density at radius 1 is 1.39 bits per heavy atom. The molecule has 0 atom stereocenters. The van der Waals surface area contributed by atoms with E-state index in [2.05, 4.69) is 15.1 Å². The lowest BCUT2D eigenvalue weighted by molar-refractivity contribution is 0.318. The third-order valence-electron chi connectivity index (χ3n) is 2.09. The molecule has 0 unspecified atom stereocenters. The van der Waals surface area contributed by atoms with E-state index in [0.717, 1.165) is 9.92 Å². The Labute approximate surface area is 113 Å². The van der Waals surface area contributed by atoms with Crippen molar-refractivity contribution in [2.75, 3.05) is 0 Å². The fourth-order valence-electron chi connectivity index (χ4n) is 1.28. The van der Waals surface area contributed by atoms with Crippen LogP contribution in [-0.4, -0.2) is 21.0 Å². The molecule has 0 aliphatic heterocycles. The number of oxime groups is 1. The Kier molecular flexibility index (Phi) is 4.01. The molecule has 1 aromatic carbocycles. The molecule has 2 rings (SSSR count). The van der Waals surface area contributed by atoms with Crippen molar-refractivity contribution in [3.8, 4) is 0 Å². The van der Waals surface area contributed by atoms with E-state index in [9.17, 15) is 0 Å². The lowest BCUT2D eigenvalue weighted by Crippen LogP contribution is -2.13. The van der Waals surface area contributed by atoms with Gasteiger partial charge in [-0.2, -0.15) is 0 Å². The van der Waals surface area contributed by atoms with Crippen molar-refractivity contribution in [2.24, 2.45) is 10.9 Å². The largest absolute Gasteiger partial charge is 0.409 e. The summed E-state index contributed by atoms with van der Waals surface area (Å²) in [5.41, 5.74) is 5.97. The lowest BCUT2D eigenvalue weighted by Gasteiger charge is -2.05. The molecule has 18 heavy (non-hydrogen) atoms. The zero-order valence-electron chi connectivity index (χ0n) is 9.12. The van der Waals surface area contributed by atoms with Crippen molar-refractivity contribution >= 4 is 29.2 Å². The minimum Gasteiger partial charge on any atom is -0.409 e. The van der Waals surface area contributed by atoms with Gasteiger partial charge in [0.25, 0.3) is 0 Å². The van der Waals surface area contributed by atoms with Gasteiger partial charge in [0.15, 0.2) is 5.84 Å². The van der Waals surface area contributed by atoms with Crippen LogP contribution < -0.4 is 5.73 Å². The third-order valence-corrected chi connectivity index (χ3v) is 3.31. The topological polar surface area (TPSA) is 84.4 Å². The van der Waals surface area contributed by atoms with E-state index in [-0.39, 0.29) is 5.84 Å². The molecule has 0 bridgehead atoms. The first-order valence-electron chi connectivity index (χ1n) is 4.92. The second kappa shape index (κ2) is 5.70. The molecule has 3 N–H and O–H groups in total. The normalized spacial score (nSPS) is 11.5. The molecule has 92 valence electrons. The number of hydrogen-bond acceptors (Lipinski definition) is 5. The van der Waals surface area contributed by atoms with Gasteiger partial charge in [0, 0.05) is 22.9 Å². The van der Waals surface area contributed by atoms with Crippen LogP contribution in [0, 0.1) is 0 Å². The number of halogens is 1. The number of amidine groups is 1. The number of hydrogen-bond donors (Lipinski definition) is 2. The van der Waals surface area contributed by atoms with Gasteiger partial charge in [-0.15, -0.1) is 0 Å². The molecule has 0 aliphatic carbocycles. The van der Waals surface area contributed by atoms with Gasteiger partial charge in [-0.1, -0.05) is 28.5 Å². The maximum atomic E-state index is 8.60. The molecule has 0 aliphatic rings. The Morgan fingerprint density at radius 3 is 2.83 bits per heavy atom. The first-order valence-corrected chi connectivity index (χ1v) is 6.11. The van der Waals surface area contributed by atoms with E-state index < -0.39 is 0 Å². The van der Waals surface area contributed by atoms with Gasteiger partial charge in [0.05, 0.1) is 11.2 Å². The maximum Gasteiger partial charge on any atom is 0.171 e. The van der Waals surface area contributed by atoms with Crippen LogP contribution in [0.4, 0.5) is 0 Å². The second-order valence-electron chi connectivity index (χ2n) is 3.27. The summed E-state index contributed by atoms with van der Waals surface area (Å²) in [5, 5.41) is 12.7. The van der Waals surface area contributed by atoms with Crippen LogP contribution in [0.5, 0.6) is 0 Å². The minimum atomic E-state index is -0.0175. The van der Waals surface area contributed by atoms with E-state index in [1.165, 1.54) is 11.8 Å². The summed E-state index contributed by atoms with van der Waals surface area (Å²) >= 11 is 7.48. The van der Waals surface area contributed by atoms with E-state index in [1.807, 2.05) is 6.07 Å². The molecule has 0 amide bonds. The highest BCUT2D eigenvalue weighted by atomic mass is 35.5. The minimum absolute atomic E-state index is 0.0175. The summed E-state index contributed by atoms with van der Waals surface area (Å²) < 4.78 is 0. The van der Waals surface area contributed by atoms with Gasteiger partial charge in [-0.3, -0.25) is 4.98 Å². The first kappa shape index (κ1) is 12.7. The maximum absolute atomic E-state index is 8.60. The summed E-state index contributed by atoms with van der Waals surface area (Å²) in [5.74, 6) is -0.0175. The fourth-order valence-corrected chi connectivity index (χ4v) is 2.40. The van der Waals surface area contributed by atoms with Crippen LogP contribution >= 0.6 is 23.4 Å². The van der Waals surface area contributed by atoms with E-state index in [1.54, 1.807) is 30.7 Å². The first-order chi connectivity index (χ1) is 8.70. The van der Waals surface area contributed by atoms with Gasteiger partial charge in [0.1, 0.15) is 5.03 Å². The Balaban J connectivity index is 2.25. The van der Waals surface area contributed by atoms with E-state index in [0.29, 0.717) is 10.6 Å². The number of benzene rings is 1. The Morgan fingerprint density at radius 2 is 2.22 bits per heavy atom. The molecular weight excluding hydrogens is 272 g/mol. The second-order valence-corrected chi connectivity index (χ2v) is 4.77. The summed E-state index contributed by atoms with van der Waals surface area (Å²) in [6.45, 7) is 0. The van der Waals surface area contributed by atoms with Gasteiger partial charge in [-0.25, -0.2) is 4.98 Å². The van der Waals surface area contributed by atoms with Crippen LogP contribution in [0.1, 0.15) is 5.56 Å². The smallest absolute Gasteiger partial charge is 0.171 e. The molecule has 1 aromatic heterocycles. The molecule has 2 aromatic rings. The van der Waals surface area contributed by atoms with Crippen LogP contribution in [0.25, 0.3) is 0 Å². The van der Waals surface area contributed by atoms with Crippen molar-refractivity contribution in [1.29, 1.82) is 0 Å². The zero-order chi connectivity index (χ0) is 13.0. The molecule has 1 heterocycles. The van der Waals surface area contributed by atoms with Gasteiger partial charge in [0.2, 0.25) is 0 Å². The number of nitrogens with zero attached hydrogens (tertiary/aromatic N) is 3. The van der Waals surface area contributed by atoms with Crippen LogP contribution in [-0.2, 0) is 0 Å². The number of rotatable bonds is 3. The Hall–Kier alpha value is -1.79. The third kappa shape index (κ3) is 2.91. The summed E-state index contributed by atoms with van der Waals surface area (Å²) in [6.07, 6.45) is 4.89. The van der Waals surface area contributed by atoms with E-state index >= 15 is 0 Å². The highest BCUT2D eigenvalue weighted by molar-refractivity contribution is 7.99. The number of aromatic nitrogens is 2.